The Morgan fingerprint density at radius 1 is 1.58 bits per heavy atom. The van der Waals surface area contributed by atoms with Crippen LogP contribution in [0, 0.1) is 0 Å². The van der Waals surface area contributed by atoms with Gasteiger partial charge in [0.15, 0.2) is 5.82 Å². The quantitative estimate of drug-likeness (QED) is 0.744. The zero-order chi connectivity index (χ0) is 14.0. The molecule has 0 saturated carbocycles. The molecule has 2 heterocycles. The van der Waals surface area contributed by atoms with Crippen molar-refractivity contribution in [3.63, 3.8) is 0 Å². The van der Waals surface area contributed by atoms with E-state index in [9.17, 15) is 9.90 Å². The molecule has 6 heteroatoms. The number of aliphatic hydroxyl groups excluding tert-OH is 1. The largest absolute Gasteiger partial charge is 0.393 e. The maximum absolute atomic E-state index is 12.0. The van der Waals surface area contributed by atoms with Gasteiger partial charge < -0.3 is 20.3 Å². The Morgan fingerprint density at radius 3 is 2.89 bits per heavy atom. The summed E-state index contributed by atoms with van der Waals surface area (Å²) in [5.41, 5.74) is -0.144. The molecule has 1 aromatic rings. The van der Waals surface area contributed by atoms with Crippen molar-refractivity contribution in [2.75, 3.05) is 11.9 Å². The van der Waals surface area contributed by atoms with Gasteiger partial charge in [0.05, 0.1) is 12.1 Å². The third-order valence-electron chi connectivity index (χ3n) is 3.19. The molecule has 0 aromatic carbocycles. The lowest BCUT2D eigenvalue weighted by Gasteiger charge is -2.25. The Balaban J connectivity index is 1.97. The third-order valence-corrected chi connectivity index (χ3v) is 3.19. The zero-order valence-electron chi connectivity index (χ0n) is 11.6. The molecular formula is C13H21N3O3. The highest BCUT2D eigenvalue weighted by molar-refractivity contribution is 5.94. The number of carbonyl (C=O) groups excluding carboxylic acids is 1. The predicted molar refractivity (Wildman–Crippen MR) is 70.9 cm³/mol. The summed E-state index contributed by atoms with van der Waals surface area (Å²) in [6.45, 7) is 6.68. The van der Waals surface area contributed by atoms with Crippen molar-refractivity contribution in [3.8, 4) is 0 Å². The molecule has 0 spiro atoms. The van der Waals surface area contributed by atoms with E-state index >= 15 is 0 Å². The summed E-state index contributed by atoms with van der Waals surface area (Å²) in [5.74, 6) is 0.948. The van der Waals surface area contributed by atoms with Crippen LogP contribution in [0.1, 0.15) is 39.4 Å². The van der Waals surface area contributed by atoms with Crippen molar-refractivity contribution in [2.45, 2.75) is 51.2 Å². The number of rotatable bonds is 2. The number of nitrogens with zero attached hydrogens (tertiary/aromatic N) is 1. The highest BCUT2D eigenvalue weighted by atomic mass is 16.5. The first-order valence-corrected chi connectivity index (χ1v) is 6.56. The molecule has 0 bridgehead atoms. The van der Waals surface area contributed by atoms with Gasteiger partial charge in [-0.25, -0.2) is 0 Å². The van der Waals surface area contributed by atoms with Gasteiger partial charge >= 0.3 is 0 Å². The minimum atomic E-state index is -0.417. The van der Waals surface area contributed by atoms with E-state index in [-0.39, 0.29) is 17.4 Å². The number of hydrogen-bond donors (Lipinski definition) is 3. The van der Waals surface area contributed by atoms with Gasteiger partial charge in [-0.05, 0) is 19.4 Å². The number of amides is 1. The Labute approximate surface area is 112 Å². The van der Waals surface area contributed by atoms with E-state index in [2.05, 4.69) is 15.8 Å². The third kappa shape index (κ3) is 3.54. The highest BCUT2D eigenvalue weighted by Gasteiger charge is 2.27. The highest BCUT2D eigenvalue weighted by Crippen LogP contribution is 2.24. The molecule has 19 heavy (non-hydrogen) atoms. The summed E-state index contributed by atoms with van der Waals surface area (Å²) in [7, 11) is 0. The number of carbonyl (C=O) groups is 1. The number of anilines is 1. The van der Waals surface area contributed by atoms with Gasteiger partial charge in [0.2, 0.25) is 5.91 Å². The summed E-state index contributed by atoms with van der Waals surface area (Å²) in [5, 5.41) is 19.2. The second-order valence-corrected chi connectivity index (χ2v) is 6.00. The predicted octanol–water partition coefficient (Wildman–Crippen LogP) is 1.02. The van der Waals surface area contributed by atoms with E-state index in [1.54, 1.807) is 6.07 Å². The Bertz CT molecular complexity index is 450. The van der Waals surface area contributed by atoms with Crippen molar-refractivity contribution in [1.82, 2.24) is 10.5 Å². The molecule has 0 aliphatic carbocycles. The second-order valence-electron chi connectivity index (χ2n) is 6.00. The van der Waals surface area contributed by atoms with Crippen LogP contribution in [-0.4, -0.2) is 34.9 Å². The van der Waals surface area contributed by atoms with Crippen LogP contribution in [0.3, 0.4) is 0 Å². The fourth-order valence-corrected chi connectivity index (χ4v) is 2.00. The Hall–Kier alpha value is -1.40. The van der Waals surface area contributed by atoms with Gasteiger partial charge in [-0.15, -0.1) is 0 Å². The van der Waals surface area contributed by atoms with Gasteiger partial charge in [-0.1, -0.05) is 25.9 Å². The zero-order valence-corrected chi connectivity index (χ0v) is 11.6. The van der Waals surface area contributed by atoms with Gasteiger partial charge in [0, 0.05) is 11.5 Å². The van der Waals surface area contributed by atoms with Crippen molar-refractivity contribution in [3.05, 3.63) is 11.8 Å². The molecule has 1 saturated heterocycles. The molecule has 0 radical (unpaired) electrons. The topological polar surface area (TPSA) is 87.4 Å². The van der Waals surface area contributed by atoms with E-state index in [1.807, 2.05) is 20.8 Å². The molecule has 1 aliphatic rings. The standard InChI is InChI=1S/C13H21N3O3/c1-13(2,3)10-7-11(16-19-10)15-12(18)9-6-8(17)4-5-14-9/h7-9,14,17H,4-6H2,1-3H3,(H,15,16,18)/t8-,9-/m0/s1. The van der Waals surface area contributed by atoms with Gasteiger partial charge in [0.1, 0.15) is 5.76 Å². The first-order chi connectivity index (χ1) is 8.86. The average molecular weight is 267 g/mol. The van der Waals surface area contributed by atoms with E-state index in [0.29, 0.717) is 25.2 Å². The van der Waals surface area contributed by atoms with Crippen molar-refractivity contribution in [1.29, 1.82) is 0 Å². The van der Waals surface area contributed by atoms with Crippen LogP contribution in [0.15, 0.2) is 10.6 Å². The van der Waals surface area contributed by atoms with E-state index < -0.39 is 6.10 Å². The molecule has 3 N–H and O–H groups in total. The smallest absolute Gasteiger partial charge is 0.242 e. The normalized spacial score (nSPS) is 24.2. The van der Waals surface area contributed by atoms with E-state index in [0.717, 1.165) is 5.76 Å². The maximum atomic E-state index is 12.0. The molecule has 2 atom stereocenters. The molecule has 106 valence electrons. The number of aliphatic hydroxyl groups is 1. The second kappa shape index (κ2) is 5.30. The first-order valence-electron chi connectivity index (χ1n) is 6.56. The fourth-order valence-electron chi connectivity index (χ4n) is 2.00. The summed E-state index contributed by atoms with van der Waals surface area (Å²) >= 11 is 0. The van der Waals surface area contributed by atoms with Crippen LogP contribution in [0.25, 0.3) is 0 Å². The number of hydrogen-bond acceptors (Lipinski definition) is 5. The van der Waals surface area contributed by atoms with Crippen molar-refractivity contribution >= 4 is 11.7 Å². The van der Waals surface area contributed by atoms with Crippen LogP contribution < -0.4 is 10.6 Å². The van der Waals surface area contributed by atoms with Crippen molar-refractivity contribution < 1.29 is 14.4 Å². The number of piperidine rings is 1. The average Bonchev–Trinajstić information content (AvgIpc) is 2.77. The van der Waals surface area contributed by atoms with Crippen LogP contribution in [0.2, 0.25) is 0 Å². The Morgan fingerprint density at radius 2 is 2.32 bits per heavy atom. The summed E-state index contributed by atoms with van der Waals surface area (Å²) < 4.78 is 5.20. The molecule has 1 aliphatic heterocycles. The monoisotopic (exact) mass is 267 g/mol. The molecular weight excluding hydrogens is 246 g/mol. The molecule has 1 amide bonds. The summed E-state index contributed by atoms with van der Waals surface area (Å²) in [6.07, 6.45) is 0.692. The SMILES string of the molecule is CC(C)(C)c1cc(NC(=O)[C@@H]2C[C@@H](O)CCN2)no1. The summed E-state index contributed by atoms with van der Waals surface area (Å²) in [4.78, 5) is 12.0. The molecule has 1 aromatic heterocycles. The molecule has 6 nitrogen and oxygen atoms in total. The maximum Gasteiger partial charge on any atom is 0.242 e. The lowest BCUT2D eigenvalue weighted by molar-refractivity contribution is -0.119. The van der Waals surface area contributed by atoms with Crippen LogP contribution in [0.5, 0.6) is 0 Å². The van der Waals surface area contributed by atoms with Crippen LogP contribution >= 0.6 is 0 Å². The van der Waals surface area contributed by atoms with Gasteiger partial charge in [-0.2, -0.15) is 0 Å². The summed E-state index contributed by atoms with van der Waals surface area (Å²) in [6, 6.07) is 1.36. The lowest BCUT2D eigenvalue weighted by atomic mass is 9.93. The molecule has 0 unspecified atom stereocenters. The Kier molecular flexibility index (Phi) is 3.91. The lowest BCUT2D eigenvalue weighted by Crippen LogP contribution is -2.47. The van der Waals surface area contributed by atoms with Crippen molar-refractivity contribution in [2.24, 2.45) is 0 Å². The minimum Gasteiger partial charge on any atom is -0.393 e. The number of aromatic nitrogens is 1. The van der Waals surface area contributed by atoms with Gasteiger partial charge in [-0.3, -0.25) is 4.79 Å². The number of nitrogens with one attached hydrogen (secondary N) is 2. The van der Waals surface area contributed by atoms with E-state index in [4.69, 9.17) is 4.52 Å². The minimum absolute atomic E-state index is 0.144. The van der Waals surface area contributed by atoms with E-state index in [1.165, 1.54) is 0 Å². The first kappa shape index (κ1) is 14.0. The molecule has 2 rings (SSSR count). The fraction of sp³-hybridized carbons (Fsp3) is 0.692. The molecule has 1 fully saturated rings. The van der Waals surface area contributed by atoms with Crippen LogP contribution in [0.4, 0.5) is 5.82 Å². The van der Waals surface area contributed by atoms with Crippen LogP contribution in [-0.2, 0) is 10.2 Å². The van der Waals surface area contributed by atoms with Gasteiger partial charge in [0.25, 0.3) is 0 Å².